The largest absolute Gasteiger partial charge is 0.508 e. The van der Waals surface area contributed by atoms with Gasteiger partial charge in [0.2, 0.25) is 0 Å². The van der Waals surface area contributed by atoms with E-state index in [4.69, 9.17) is 46.0 Å². The van der Waals surface area contributed by atoms with Gasteiger partial charge >= 0.3 is 11.9 Å². The van der Waals surface area contributed by atoms with E-state index in [0.717, 1.165) is 0 Å². The lowest BCUT2D eigenvalue weighted by molar-refractivity contribution is -0.136. The first-order chi connectivity index (χ1) is 18.7. The minimum atomic E-state index is -1.79. The van der Waals surface area contributed by atoms with E-state index in [1.165, 1.54) is 48.5 Å². The number of nitrogens with one attached hydrogen (secondary N) is 2. The number of aldehydes is 1. The molecule has 0 spiro atoms. The molecule has 40 heavy (non-hydrogen) atoms. The van der Waals surface area contributed by atoms with E-state index in [1.807, 2.05) is 0 Å². The minimum absolute atomic E-state index is 0.0258. The molecule has 0 bridgehead atoms. The molecule has 0 aliphatic heterocycles. The molecule has 2 aromatic carbocycles. The topological polar surface area (TPSA) is 291 Å². The van der Waals surface area contributed by atoms with Crippen LogP contribution in [0.3, 0.4) is 0 Å². The van der Waals surface area contributed by atoms with E-state index < -0.39 is 67.9 Å². The van der Waals surface area contributed by atoms with Crippen molar-refractivity contribution < 1.29 is 69.9 Å². The average Bonchev–Trinajstić information content (AvgIpc) is 2.93. The van der Waals surface area contributed by atoms with E-state index in [2.05, 4.69) is 10.6 Å². The molecule has 2 aromatic rings. The standard InChI is InChI=1S/2C9H9NO4.C6H12O6/c11-7-3-1-6(2-4-7)9(14)10-5-8(12)13;11-7-3-1-2-6(4-7)9(14)10-5-8(12)13;7-1-3(9)5(11)6(12)4(10)2-8/h2*1-4,11H,5H2,(H,10,14)(H,12,13);1,3-6,8-12H,2H2/t;;3-,4+,5+,6+/m..0/s1. The van der Waals surface area contributed by atoms with Crippen molar-refractivity contribution in [1.29, 1.82) is 0 Å². The van der Waals surface area contributed by atoms with Crippen molar-refractivity contribution in [2.75, 3.05) is 19.7 Å². The first-order valence-corrected chi connectivity index (χ1v) is 11.1. The van der Waals surface area contributed by atoms with Gasteiger partial charge in [-0.15, -0.1) is 0 Å². The Morgan fingerprint density at radius 2 is 1.23 bits per heavy atom. The number of benzene rings is 2. The van der Waals surface area contributed by atoms with Crippen molar-refractivity contribution in [1.82, 2.24) is 10.6 Å². The van der Waals surface area contributed by atoms with Gasteiger partial charge in [-0.2, -0.15) is 0 Å². The number of aliphatic carboxylic acids is 2. The number of hydrogen-bond donors (Lipinski definition) is 11. The Labute approximate surface area is 226 Å². The van der Waals surface area contributed by atoms with Gasteiger partial charge in [0, 0.05) is 11.1 Å². The second kappa shape index (κ2) is 18.6. The Balaban J connectivity index is 0.000000573. The minimum Gasteiger partial charge on any atom is -0.508 e. The van der Waals surface area contributed by atoms with Crippen molar-refractivity contribution >= 4 is 30.0 Å². The van der Waals surface area contributed by atoms with E-state index in [1.54, 1.807) is 0 Å². The van der Waals surface area contributed by atoms with E-state index in [-0.39, 0.29) is 23.3 Å². The van der Waals surface area contributed by atoms with E-state index in [0.29, 0.717) is 5.56 Å². The van der Waals surface area contributed by atoms with Crippen molar-refractivity contribution in [3.8, 4) is 11.5 Å². The first-order valence-electron chi connectivity index (χ1n) is 11.1. The molecule has 0 aromatic heterocycles. The highest BCUT2D eigenvalue weighted by molar-refractivity contribution is 5.96. The second-order valence-electron chi connectivity index (χ2n) is 7.61. The SMILES string of the molecule is O=C(O)CNC(=O)c1ccc(O)cc1.O=C(O)CNC(=O)c1cccc(O)c1.O=C[C@H](O)[C@@H](O)[C@H](O)[C@H](O)CO. The molecule has 4 atom stereocenters. The maximum atomic E-state index is 11.2. The van der Waals surface area contributed by atoms with Crippen LogP contribution in [0.5, 0.6) is 11.5 Å². The Bertz CT molecular complexity index is 1110. The zero-order chi connectivity index (χ0) is 30.8. The molecule has 0 aliphatic rings. The Hall–Kier alpha value is -4.61. The van der Waals surface area contributed by atoms with Crippen LogP contribution in [0.25, 0.3) is 0 Å². The molecule has 0 aliphatic carbocycles. The molecule has 2 amide bonds. The normalized spacial score (nSPS) is 12.9. The highest BCUT2D eigenvalue weighted by Gasteiger charge is 2.29. The molecule has 220 valence electrons. The molecule has 16 nitrogen and oxygen atoms in total. The third kappa shape index (κ3) is 14.4. The summed E-state index contributed by atoms with van der Waals surface area (Å²) in [7, 11) is 0. The van der Waals surface area contributed by atoms with Crippen LogP contribution in [0.4, 0.5) is 0 Å². The predicted molar refractivity (Wildman–Crippen MR) is 133 cm³/mol. The summed E-state index contributed by atoms with van der Waals surface area (Å²) in [5.74, 6) is -3.20. The highest BCUT2D eigenvalue weighted by atomic mass is 16.4. The summed E-state index contributed by atoms with van der Waals surface area (Å²) in [6.07, 6.45) is -6.84. The molecule has 0 radical (unpaired) electrons. The lowest BCUT2D eigenvalue weighted by atomic mass is 10.0. The van der Waals surface area contributed by atoms with Gasteiger partial charge in [-0.25, -0.2) is 0 Å². The van der Waals surface area contributed by atoms with Crippen molar-refractivity contribution in [2.45, 2.75) is 24.4 Å². The van der Waals surface area contributed by atoms with E-state index in [9.17, 15) is 24.0 Å². The van der Waals surface area contributed by atoms with Crippen LogP contribution in [0.15, 0.2) is 48.5 Å². The van der Waals surface area contributed by atoms with Gasteiger partial charge in [0.05, 0.1) is 6.61 Å². The van der Waals surface area contributed by atoms with Crippen LogP contribution in [-0.4, -0.2) is 120 Å². The lowest BCUT2D eigenvalue weighted by Gasteiger charge is -2.22. The number of carboxylic acids is 2. The van der Waals surface area contributed by atoms with Gasteiger partial charge in [0.15, 0.2) is 6.29 Å². The zero-order valence-corrected chi connectivity index (χ0v) is 20.7. The number of amides is 2. The molecule has 2 rings (SSSR count). The molecular formula is C24H30N2O14. The number of phenolic OH excluding ortho intramolecular Hbond substituents is 2. The Morgan fingerprint density at radius 3 is 1.65 bits per heavy atom. The summed E-state index contributed by atoms with van der Waals surface area (Å²) in [5, 5.41) is 82.5. The molecule has 0 unspecified atom stereocenters. The number of aliphatic hydroxyl groups is 5. The first kappa shape index (κ1) is 35.4. The van der Waals surface area contributed by atoms with Crippen LogP contribution >= 0.6 is 0 Å². The number of carbonyl (C=O) groups excluding carboxylic acids is 3. The number of phenols is 2. The lowest BCUT2D eigenvalue weighted by Crippen LogP contribution is -2.46. The Kier molecular flexibility index (Phi) is 16.5. The predicted octanol–water partition coefficient (Wildman–Crippen LogP) is -2.97. The van der Waals surface area contributed by atoms with Crippen LogP contribution in [-0.2, 0) is 14.4 Å². The van der Waals surface area contributed by atoms with Crippen LogP contribution in [0.2, 0.25) is 0 Å². The van der Waals surface area contributed by atoms with Gasteiger partial charge in [-0.1, -0.05) is 6.07 Å². The maximum Gasteiger partial charge on any atom is 0.322 e. The summed E-state index contributed by atoms with van der Waals surface area (Å²) < 4.78 is 0. The fourth-order valence-electron chi connectivity index (χ4n) is 2.39. The van der Waals surface area contributed by atoms with Gasteiger partial charge < -0.3 is 61.4 Å². The van der Waals surface area contributed by atoms with Crippen molar-refractivity contribution in [3.05, 3.63) is 59.7 Å². The van der Waals surface area contributed by atoms with Crippen LogP contribution in [0, 0.1) is 0 Å². The molecule has 16 heteroatoms. The molecule has 0 fully saturated rings. The number of carboxylic acid groups (broad SMARTS) is 2. The Morgan fingerprint density at radius 1 is 0.725 bits per heavy atom. The quantitative estimate of drug-likeness (QED) is 0.120. The fourth-order valence-corrected chi connectivity index (χ4v) is 2.39. The van der Waals surface area contributed by atoms with Crippen molar-refractivity contribution in [2.24, 2.45) is 0 Å². The maximum absolute atomic E-state index is 11.2. The number of aliphatic hydroxyl groups excluding tert-OH is 5. The third-order valence-electron chi connectivity index (χ3n) is 4.46. The summed E-state index contributed by atoms with van der Waals surface area (Å²) in [6, 6.07) is 11.2. The average molecular weight is 571 g/mol. The summed E-state index contributed by atoms with van der Waals surface area (Å²) in [6.45, 7) is -1.61. The number of rotatable bonds is 11. The second-order valence-corrected chi connectivity index (χ2v) is 7.61. The van der Waals surface area contributed by atoms with Gasteiger partial charge in [-0.3, -0.25) is 19.2 Å². The summed E-state index contributed by atoms with van der Waals surface area (Å²) in [4.78, 5) is 52.6. The fraction of sp³-hybridized carbons (Fsp3) is 0.292. The summed E-state index contributed by atoms with van der Waals surface area (Å²) >= 11 is 0. The van der Waals surface area contributed by atoms with Gasteiger partial charge in [0.25, 0.3) is 11.8 Å². The monoisotopic (exact) mass is 570 g/mol. The number of aromatic hydroxyl groups is 2. The number of hydrogen-bond acceptors (Lipinski definition) is 12. The molecule has 0 saturated carbocycles. The van der Waals surface area contributed by atoms with E-state index >= 15 is 0 Å². The third-order valence-corrected chi connectivity index (χ3v) is 4.46. The molecule has 0 heterocycles. The van der Waals surface area contributed by atoms with Crippen LogP contribution in [0.1, 0.15) is 20.7 Å². The van der Waals surface area contributed by atoms with Gasteiger partial charge in [-0.05, 0) is 42.5 Å². The van der Waals surface area contributed by atoms with Crippen molar-refractivity contribution in [3.63, 3.8) is 0 Å². The highest BCUT2D eigenvalue weighted by Crippen LogP contribution is 2.10. The zero-order valence-electron chi connectivity index (χ0n) is 20.7. The molecule has 11 N–H and O–H groups in total. The smallest absolute Gasteiger partial charge is 0.322 e. The van der Waals surface area contributed by atoms with Gasteiger partial charge in [0.1, 0.15) is 49.0 Å². The molecule has 0 saturated heterocycles. The number of carbonyl (C=O) groups is 5. The summed E-state index contributed by atoms with van der Waals surface area (Å²) in [5.41, 5.74) is 0.537. The van der Waals surface area contributed by atoms with Crippen LogP contribution < -0.4 is 10.6 Å². The molecular weight excluding hydrogens is 540 g/mol.